The second-order valence-electron chi connectivity index (χ2n) is 6.89. The van der Waals surface area contributed by atoms with E-state index in [0.717, 1.165) is 29.9 Å². The number of carbonyl (C=O) groups is 2. The van der Waals surface area contributed by atoms with Crippen LogP contribution in [0.25, 0.3) is 0 Å². The van der Waals surface area contributed by atoms with Gasteiger partial charge in [-0.15, -0.1) is 0 Å². The molecule has 144 valence electrons. The van der Waals surface area contributed by atoms with Gasteiger partial charge < -0.3 is 14.7 Å². The van der Waals surface area contributed by atoms with Gasteiger partial charge >= 0.3 is 0 Å². The number of benzene rings is 1. The van der Waals surface area contributed by atoms with Crippen LogP contribution in [0.5, 0.6) is 0 Å². The SMILES string of the molecule is CCc1noc(CC)c1CNC(=O)C1CCN(C(=O)c2ccccc2)CC1. The number of aryl methyl sites for hydroxylation is 2. The summed E-state index contributed by atoms with van der Waals surface area (Å²) in [7, 11) is 0. The molecule has 1 aliphatic heterocycles. The number of aromatic nitrogens is 1. The van der Waals surface area contributed by atoms with Gasteiger partial charge in [0.1, 0.15) is 5.76 Å². The van der Waals surface area contributed by atoms with E-state index in [1.807, 2.05) is 49.1 Å². The average Bonchev–Trinajstić information content (AvgIpc) is 3.14. The van der Waals surface area contributed by atoms with Crippen molar-refractivity contribution in [3.05, 3.63) is 52.9 Å². The fourth-order valence-electron chi connectivity index (χ4n) is 3.57. The third-order valence-electron chi connectivity index (χ3n) is 5.22. The van der Waals surface area contributed by atoms with Gasteiger partial charge in [-0.25, -0.2) is 0 Å². The Hall–Kier alpha value is -2.63. The molecule has 0 radical (unpaired) electrons. The van der Waals surface area contributed by atoms with Crippen LogP contribution >= 0.6 is 0 Å². The molecule has 0 unspecified atom stereocenters. The molecule has 27 heavy (non-hydrogen) atoms. The fraction of sp³-hybridized carbons (Fsp3) is 0.476. The third kappa shape index (κ3) is 4.38. The van der Waals surface area contributed by atoms with Crippen molar-refractivity contribution < 1.29 is 14.1 Å². The quantitative estimate of drug-likeness (QED) is 0.849. The highest BCUT2D eigenvalue weighted by Gasteiger charge is 2.28. The number of nitrogens with one attached hydrogen (secondary N) is 1. The maximum Gasteiger partial charge on any atom is 0.253 e. The first-order valence-electron chi connectivity index (χ1n) is 9.72. The molecule has 0 saturated carbocycles. The summed E-state index contributed by atoms with van der Waals surface area (Å²) < 4.78 is 5.35. The van der Waals surface area contributed by atoms with Gasteiger partial charge in [-0.05, 0) is 31.4 Å². The number of hydrogen-bond donors (Lipinski definition) is 1. The Morgan fingerprint density at radius 1 is 1.15 bits per heavy atom. The van der Waals surface area contributed by atoms with Gasteiger partial charge in [0.25, 0.3) is 5.91 Å². The standard InChI is InChI=1S/C21H27N3O3/c1-3-18-17(19(4-2)27-23-18)14-22-20(25)15-10-12-24(13-11-15)21(26)16-8-6-5-7-9-16/h5-9,15H,3-4,10-14H2,1-2H3,(H,22,25). The van der Waals surface area contributed by atoms with Crippen LogP contribution in [0.15, 0.2) is 34.9 Å². The van der Waals surface area contributed by atoms with E-state index in [2.05, 4.69) is 10.5 Å². The summed E-state index contributed by atoms with van der Waals surface area (Å²) in [5.74, 6) is 0.876. The van der Waals surface area contributed by atoms with Crippen molar-refractivity contribution in [2.45, 2.75) is 46.1 Å². The summed E-state index contributed by atoms with van der Waals surface area (Å²) in [6, 6.07) is 9.30. The number of amides is 2. The van der Waals surface area contributed by atoms with Gasteiger partial charge in [-0.1, -0.05) is 37.2 Å². The van der Waals surface area contributed by atoms with Crippen LogP contribution in [-0.2, 0) is 24.2 Å². The molecule has 1 aliphatic rings. The lowest BCUT2D eigenvalue weighted by molar-refractivity contribution is -0.126. The number of hydrogen-bond acceptors (Lipinski definition) is 4. The summed E-state index contributed by atoms with van der Waals surface area (Å²) in [6.45, 7) is 5.73. The number of rotatable bonds is 6. The first kappa shape index (κ1) is 19.1. The van der Waals surface area contributed by atoms with Crippen molar-refractivity contribution >= 4 is 11.8 Å². The van der Waals surface area contributed by atoms with Crippen molar-refractivity contribution in [3.8, 4) is 0 Å². The Morgan fingerprint density at radius 3 is 2.48 bits per heavy atom. The Balaban J connectivity index is 1.52. The number of carbonyl (C=O) groups excluding carboxylic acids is 2. The summed E-state index contributed by atoms with van der Waals surface area (Å²) in [5.41, 5.74) is 2.62. The van der Waals surface area contributed by atoms with Gasteiger partial charge in [0, 0.05) is 43.1 Å². The summed E-state index contributed by atoms with van der Waals surface area (Å²) in [5, 5.41) is 7.12. The first-order valence-corrected chi connectivity index (χ1v) is 9.72. The van der Waals surface area contributed by atoms with Crippen LogP contribution in [0.2, 0.25) is 0 Å². The largest absolute Gasteiger partial charge is 0.361 e. The maximum atomic E-state index is 12.6. The first-order chi connectivity index (χ1) is 13.1. The molecule has 0 aliphatic carbocycles. The van der Waals surface area contributed by atoms with Gasteiger partial charge in [-0.3, -0.25) is 9.59 Å². The number of likely N-dealkylation sites (tertiary alicyclic amines) is 1. The van der Waals surface area contributed by atoms with Crippen molar-refractivity contribution in [2.75, 3.05) is 13.1 Å². The van der Waals surface area contributed by atoms with Crippen molar-refractivity contribution in [3.63, 3.8) is 0 Å². The normalized spacial score (nSPS) is 15.0. The highest BCUT2D eigenvalue weighted by Crippen LogP contribution is 2.20. The second kappa shape index (κ2) is 8.84. The summed E-state index contributed by atoms with van der Waals surface area (Å²) in [6.07, 6.45) is 2.93. The summed E-state index contributed by atoms with van der Waals surface area (Å²) >= 11 is 0. The Kier molecular flexibility index (Phi) is 6.27. The van der Waals surface area contributed by atoms with Gasteiger partial charge in [0.15, 0.2) is 0 Å². The van der Waals surface area contributed by atoms with Crippen LogP contribution in [-0.4, -0.2) is 35.0 Å². The summed E-state index contributed by atoms with van der Waals surface area (Å²) in [4.78, 5) is 26.9. The molecule has 0 spiro atoms. The molecule has 1 aromatic heterocycles. The van der Waals surface area contributed by atoms with Crippen LogP contribution in [0, 0.1) is 5.92 Å². The van der Waals surface area contributed by atoms with Crippen molar-refractivity contribution in [2.24, 2.45) is 5.92 Å². The van der Waals surface area contributed by atoms with Crippen LogP contribution < -0.4 is 5.32 Å². The van der Waals surface area contributed by atoms with E-state index in [1.54, 1.807) is 0 Å². The molecule has 0 bridgehead atoms. The molecular formula is C21H27N3O3. The lowest BCUT2D eigenvalue weighted by Gasteiger charge is -2.31. The maximum absolute atomic E-state index is 12.6. The van der Waals surface area contributed by atoms with E-state index in [0.29, 0.717) is 38.0 Å². The molecule has 6 heteroatoms. The molecule has 2 aromatic rings. The Morgan fingerprint density at radius 2 is 1.85 bits per heavy atom. The molecule has 6 nitrogen and oxygen atoms in total. The smallest absolute Gasteiger partial charge is 0.253 e. The Labute approximate surface area is 159 Å². The molecular weight excluding hydrogens is 342 g/mol. The van der Waals surface area contributed by atoms with E-state index in [-0.39, 0.29) is 17.7 Å². The molecule has 2 heterocycles. The molecule has 0 atom stereocenters. The van der Waals surface area contributed by atoms with Crippen LogP contribution in [0.3, 0.4) is 0 Å². The van der Waals surface area contributed by atoms with Gasteiger partial charge in [-0.2, -0.15) is 0 Å². The zero-order valence-electron chi connectivity index (χ0n) is 16.0. The topological polar surface area (TPSA) is 75.4 Å². The van der Waals surface area contributed by atoms with Crippen molar-refractivity contribution in [1.82, 2.24) is 15.4 Å². The lowest BCUT2D eigenvalue weighted by atomic mass is 9.95. The monoisotopic (exact) mass is 369 g/mol. The minimum atomic E-state index is -0.0557. The fourth-order valence-corrected chi connectivity index (χ4v) is 3.57. The number of piperidine rings is 1. The van der Waals surface area contributed by atoms with E-state index >= 15 is 0 Å². The molecule has 3 rings (SSSR count). The third-order valence-corrected chi connectivity index (χ3v) is 5.22. The van der Waals surface area contributed by atoms with Crippen LogP contribution in [0.1, 0.15) is 54.1 Å². The minimum absolute atomic E-state index is 0.0408. The predicted molar refractivity (Wildman–Crippen MR) is 102 cm³/mol. The highest BCUT2D eigenvalue weighted by atomic mass is 16.5. The van der Waals surface area contributed by atoms with E-state index in [4.69, 9.17) is 4.52 Å². The average molecular weight is 369 g/mol. The zero-order valence-corrected chi connectivity index (χ0v) is 16.0. The molecule has 2 amide bonds. The van der Waals surface area contributed by atoms with E-state index < -0.39 is 0 Å². The van der Waals surface area contributed by atoms with E-state index in [1.165, 1.54) is 0 Å². The molecule has 1 aromatic carbocycles. The van der Waals surface area contributed by atoms with Crippen molar-refractivity contribution in [1.29, 1.82) is 0 Å². The predicted octanol–water partition coefficient (Wildman–Crippen LogP) is 2.97. The van der Waals surface area contributed by atoms with Gasteiger partial charge in [0.2, 0.25) is 5.91 Å². The zero-order chi connectivity index (χ0) is 19.2. The molecule has 1 saturated heterocycles. The Bertz CT molecular complexity index is 756. The van der Waals surface area contributed by atoms with Gasteiger partial charge in [0.05, 0.1) is 5.69 Å². The molecule has 1 fully saturated rings. The second-order valence-corrected chi connectivity index (χ2v) is 6.89. The van der Waals surface area contributed by atoms with E-state index in [9.17, 15) is 9.59 Å². The molecule has 1 N–H and O–H groups in total. The van der Waals surface area contributed by atoms with Crippen LogP contribution in [0.4, 0.5) is 0 Å². The minimum Gasteiger partial charge on any atom is -0.361 e. The highest BCUT2D eigenvalue weighted by molar-refractivity contribution is 5.94. The number of nitrogens with zero attached hydrogens (tertiary/aromatic N) is 2. The lowest BCUT2D eigenvalue weighted by Crippen LogP contribution is -2.43.